The minimum atomic E-state index is -4.36. The van der Waals surface area contributed by atoms with Gasteiger partial charge in [-0.3, -0.25) is 9.88 Å². The average molecular weight is 389 g/mol. The molecule has 0 amide bonds. The lowest BCUT2D eigenvalue weighted by molar-refractivity contribution is -0.137. The third-order valence-electron chi connectivity index (χ3n) is 4.50. The van der Waals surface area contributed by atoms with Crippen molar-refractivity contribution in [2.75, 3.05) is 7.05 Å². The molecule has 28 heavy (non-hydrogen) atoms. The van der Waals surface area contributed by atoms with Crippen LogP contribution in [0.25, 0.3) is 11.5 Å². The second-order valence-electron chi connectivity index (χ2n) is 6.78. The van der Waals surface area contributed by atoms with Gasteiger partial charge in [-0.25, -0.2) is 4.98 Å². The first kappa shape index (κ1) is 20.1. The molecule has 2 heterocycles. The third kappa shape index (κ3) is 4.78. The molecule has 0 saturated heterocycles. The molecule has 7 heteroatoms. The zero-order chi connectivity index (χ0) is 20.3. The molecule has 3 rings (SSSR count). The van der Waals surface area contributed by atoms with Gasteiger partial charge >= 0.3 is 6.18 Å². The largest absolute Gasteiger partial charge is 0.441 e. The molecule has 148 valence electrons. The maximum absolute atomic E-state index is 12.7. The average Bonchev–Trinajstić information content (AvgIpc) is 3.02. The van der Waals surface area contributed by atoms with Gasteiger partial charge in [0, 0.05) is 24.8 Å². The lowest BCUT2D eigenvalue weighted by Gasteiger charge is -2.15. The van der Waals surface area contributed by atoms with Crippen LogP contribution in [0.4, 0.5) is 13.2 Å². The van der Waals surface area contributed by atoms with Crippen LogP contribution in [0.2, 0.25) is 0 Å². The molecule has 0 saturated carbocycles. The molecule has 0 unspecified atom stereocenters. The van der Waals surface area contributed by atoms with Crippen LogP contribution in [0.3, 0.4) is 0 Å². The smallest absolute Gasteiger partial charge is 0.416 e. The Morgan fingerprint density at radius 2 is 1.75 bits per heavy atom. The molecule has 3 aromatic rings. The number of hydrogen-bond acceptors (Lipinski definition) is 4. The maximum Gasteiger partial charge on any atom is 0.416 e. The molecule has 0 bridgehead atoms. The lowest BCUT2D eigenvalue weighted by Crippen LogP contribution is -2.18. The molecule has 0 N–H and O–H groups in total. The molecule has 0 radical (unpaired) electrons. The van der Waals surface area contributed by atoms with E-state index in [2.05, 4.69) is 27.9 Å². The Hall–Kier alpha value is -2.67. The Kier molecular flexibility index (Phi) is 5.84. The predicted molar refractivity (Wildman–Crippen MR) is 100 cm³/mol. The van der Waals surface area contributed by atoms with Crippen molar-refractivity contribution in [3.8, 4) is 11.5 Å². The van der Waals surface area contributed by atoms with Crippen molar-refractivity contribution in [3.05, 3.63) is 70.9 Å². The van der Waals surface area contributed by atoms with E-state index in [-0.39, 0.29) is 0 Å². The number of alkyl halides is 3. The van der Waals surface area contributed by atoms with Crippen LogP contribution >= 0.6 is 0 Å². The summed E-state index contributed by atoms with van der Waals surface area (Å²) in [6.07, 6.45) is -1.52. The van der Waals surface area contributed by atoms with Crippen molar-refractivity contribution in [1.82, 2.24) is 14.9 Å². The van der Waals surface area contributed by atoms with Crippen LogP contribution in [0.5, 0.6) is 0 Å². The monoisotopic (exact) mass is 389 g/mol. The van der Waals surface area contributed by atoms with E-state index in [0.717, 1.165) is 29.9 Å². The Morgan fingerprint density at radius 1 is 1.04 bits per heavy atom. The van der Waals surface area contributed by atoms with E-state index >= 15 is 0 Å². The highest BCUT2D eigenvalue weighted by Gasteiger charge is 2.30. The van der Waals surface area contributed by atoms with E-state index in [9.17, 15) is 13.2 Å². The number of benzene rings is 1. The summed E-state index contributed by atoms with van der Waals surface area (Å²) in [5, 5.41) is 0. The summed E-state index contributed by atoms with van der Waals surface area (Å²) < 4.78 is 43.8. The Labute approximate surface area is 162 Å². The summed E-state index contributed by atoms with van der Waals surface area (Å²) >= 11 is 0. The Morgan fingerprint density at radius 3 is 2.32 bits per heavy atom. The van der Waals surface area contributed by atoms with Crippen LogP contribution in [0, 0.1) is 6.92 Å². The summed E-state index contributed by atoms with van der Waals surface area (Å²) in [7, 11) is 1.96. The van der Waals surface area contributed by atoms with Gasteiger partial charge in [0.25, 0.3) is 0 Å². The van der Waals surface area contributed by atoms with E-state index in [1.807, 2.05) is 19.3 Å². The molecule has 0 aliphatic carbocycles. The van der Waals surface area contributed by atoms with E-state index in [4.69, 9.17) is 4.42 Å². The molecular weight excluding hydrogens is 367 g/mol. The zero-order valence-corrected chi connectivity index (χ0v) is 16.0. The molecule has 0 aliphatic heterocycles. The van der Waals surface area contributed by atoms with Gasteiger partial charge in [-0.2, -0.15) is 13.2 Å². The van der Waals surface area contributed by atoms with Gasteiger partial charge in [0.05, 0.1) is 17.0 Å². The quantitative estimate of drug-likeness (QED) is 0.577. The normalized spacial score (nSPS) is 12.0. The van der Waals surface area contributed by atoms with Crippen LogP contribution in [-0.4, -0.2) is 21.9 Å². The van der Waals surface area contributed by atoms with Gasteiger partial charge in [-0.15, -0.1) is 0 Å². The molecule has 0 atom stereocenters. The number of aromatic nitrogens is 2. The van der Waals surface area contributed by atoms with Crippen LogP contribution in [0.15, 0.2) is 47.0 Å². The van der Waals surface area contributed by atoms with E-state index in [1.54, 1.807) is 6.92 Å². The molecule has 0 spiro atoms. The van der Waals surface area contributed by atoms with Crippen molar-refractivity contribution < 1.29 is 17.6 Å². The summed E-state index contributed by atoms with van der Waals surface area (Å²) in [6.45, 7) is 5.10. The van der Waals surface area contributed by atoms with Gasteiger partial charge in [-0.05, 0) is 56.3 Å². The maximum atomic E-state index is 12.7. The number of oxazole rings is 1. The van der Waals surface area contributed by atoms with Crippen molar-refractivity contribution in [3.63, 3.8) is 0 Å². The number of halogens is 3. The number of aryl methyl sites for hydroxylation is 2. The minimum Gasteiger partial charge on any atom is -0.441 e. The van der Waals surface area contributed by atoms with E-state index in [1.165, 1.54) is 17.7 Å². The van der Waals surface area contributed by atoms with Crippen molar-refractivity contribution in [2.24, 2.45) is 0 Å². The minimum absolute atomic E-state index is 0.319. The first-order chi connectivity index (χ1) is 13.3. The Bertz CT molecular complexity index is 916. The second kappa shape index (κ2) is 8.14. The van der Waals surface area contributed by atoms with E-state index < -0.39 is 11.7 Å². The highest BCUT2D eigenvalue weighted by molar-refractivity contribution is 5.54. The summed E-state index contributed by atoms with van der Waals surface area (Å²) in [4.78, 5) is 11.0. The van der Waals surface area contributed by atoms with E-state index in [0.29, 0.717) is 30.3 Å². The molecule has 0 fully saturated rings. The molecule has 0 aliphatic rings. The van der Waals surface area contributed by atoms with Gasteiger partial charge in [0.15, 0.2) is 0 Å². The summed E-state index contributed by atoms with van der Waals surface area (Å²) in [6, 6.07) is 8.90. The topological polar surface area (TPSA) is 42.2 Å². The van der Waals surface area contributed by atoms with Gasteiger partial charge in [-0.1, -0.05) is 13.0 Å². The zero-order valence-electron chi connectivity index (χ0n) is 16.0. The molecule has 2 aromatic heterocycles. The number of nitrogens with zero attached hydrogens (tertiary/aromatic N) is 3. The number of hydrogen-bond donors (Lipinski definition) is 0. The molecular formula is C21H22F3N3O. The van der Waals surface area contributed by atoms with Gasteiger partial charge < -0.3 is 4.42 Å². The van der Waals surface area contributed by atoms with Crippen LogP contribution in [-0.2, 0) is 25.7 Å². The predicted octanol–water partition coefficient (Wildman–Crippen LogP) is 5.26. The fraction of sp³-hybridized carbons (Fsp3) is 0.333. The highest BCUT2D eigenvalue weighted by atomic mass is 19.4. The first-order valence-corrected chi connectivity index (χ1v) is 9.02. The van der Waals surface area contributed by atoms with Crippen molar-refractivity contribution in [1.29, 1.82) is 0 Å². The third-order valence-corrected chi connectivity index (χ3v) is 4.50. The first-order valence-electron chi connectivity index (χ1n) is 9.02. The van der Waals surface area contributed by atoms with Gasteiger partial charge in [0.1, 0.15) is 5.76 Å². The fourth-order valence-electron chi connectivity index (χ4n) is 2.85. The van der Waals surface area contributed by atoms with Crippen molar-refractivity contribution in [2.45, 2.75) is 39.5 Å². The Balaban J connectivity index is 1.69. The SMILES string of the molecule is CCc1ccc(CN(C)Cc2nc(-c3ccc(C(F)(F)F)cc3)oc2C)nc1. The fourth-order valence-corrected chi connectivity index (χ4v) is 2.85. The lowest BCUT2D eigenvalue weighted by atomic mass is 10.1. The molecule has 4 nitrogen and oxygen atoms in total. The van der Waals surface area contributed by atoms with Gasteiger partial charge in [0.2, 0.25) is 5.89 Å². The van der Waals surface area contributed by atoms with Crippen molar-refractivity contribution >= 4 is 0 Å². The summed E-state index contributed by atoms with van der Waals surface area (Å²) in [5.74, 6) is 0.969. The summed E-state index contributed by atoms with van der Waals surface area (Å²) in [5.41, 5.74) is 2.73. The number of pyridine rings is 1. The van der Waals surface area contributed by atoms with Crippen LogP contribution in [0.1, 0.15) is 35.2 Å². The van der Waals surface area contributed by atoms with Crippen LogP contribution < -0.4 is 0 Å². The number of rotatable bonds is 6. The second-order valence-corrected chi connectivity index (χ2v) is 6.78. The standard InChI is InChI=1S/C21H22F3N3O/c1-4-15-5-10-18(25-11-15)12-27(3)13-19-14(2)28-20(26-19)16-6-8-17(9-7-16)21(22,23)24/h5-11H,4,12-13H2,1-3H3. The highest BCUT2D eigenvalue weighted by Crippen LogP contribution is 2.31. The molecule has 1 aromatic carbocycles.